The fourth-order valence-corrected chi connectivity index (χ4v) is 2.10. The molecule has 1 aromatic rings. The Balaban J connectivity index is 2.24. The van der Waals surface area contributed by atoms with Crippen LogP contribution in [0.4, 0.5) is 0 Å². The quantitative estimate of drug-likeness (QED) is 0.645. The van der Waals surface area contributed by atoms with E-state index in [2.05, 4.69) is 0 Å². The number of pyridine rings is 1. The van der Waals surface area contributed by atoms with E-state index in [9.17, 15) is 4.79 Å². The zero-order valence-corrected chi connectivity index (χ0v) is 7.78. The summed E-state index contributed by atoms with van der Waals surface area (Å²) in [6.45, 7) is 0. The monoisotopic (exact) mass is 177 g/mol. The molecule has 13 heavy (non-hydrogen) atoms. The highest BCUT2D eigenvalue weighted by Gasteiger charge is 2.14. The second-order valence-electron chi connectivity index (χ2n) is 3.74. The van der Waals surface area contributed by atoms with Crippen LogP contribution < -0.4 is 5.56 Å². The summed E-state index contributed by atoms with van der Waals surface area (Å²) in [4.78, 5) is 11.5. The van der Waals surface area contributed by atoms with Crippen LogP contribution in [0.2, 0.25) is 0 Å². The molecule has 1 heterocycles. The van der Waals surface area contributed by atoms with Gasteiger partial charge in [-0.25, -0.2) is 0 Å². The van der Waals surface area contributed by atoms with Crippen LogP contribution in [0.1, 0.15) is 38.1 Å². The molecule has 0 spiro atoms. The summed E-state index contributed by atoms with van der Waals surface area (Å²) in [5, 5.41) is 0. The van der Waals surface area contributed by atoms with Crippen molar-refractivity contribution in [3.05, 3.63) is 34.7 Å². The lowest BCUT2D eigenvalue weighted by atomic mass is 9.95. The number of aromatic nitrogens is 1. The lowest BCUT2D eigenvalue weighted by molar-refractivity contribution is 0.346. The predicted octanol–water partition coefficient (Wildman–Crippen LogP) is 2.35. The summed E-state index contributed by atoms with van der Waals surface area (Å²) < 4.78 is 1.89. The zero-order chi connectivity index (χ0) is 9.10. The Kier molecular flexibility index (Phi) is 2.48. The summed E-state index contributed by atoms with van der Waals surface area (Å²) in [6, 6.07) is 5.86. The van der Waals surface area contributed by atoms with E-state index in [1.807, 2.05) is 22.9 Å². The van der Waals surface area contributed by atoms with Crippen LogP contribution in [-0.4, -0.2) is 4.57 Å². The molecule has 0 bridgehead atoms. The second-order valence-corrected chi connectivity index (χ2v) is 3.74. The van der Waals surface area contributed by atoms with Crippen molar-refractivity contribution in [1.82, 2.24) is 4.57 Å². The van der Waals surface area contributed by atoms with Crippen molar-refractivity contribution in [2.75, 3.05) is 0 Å². The lowest BCUT2D eigenvalue weighted by Crippen LogP contribution is -2.24. The molecule has 0 N–H and O–H groups in total. The maximum Gasteiger partial charge on any atom is 0.250 e. The number of hydrogen-bond acceptors (Lipinski definition) is 1. The Labute approximate surface area is 78.2 Å². The molecule has 0 atom stereocenters. The normalized spacial score (nSPS) is 18.8. The van der Waals surface area contributed by atoms with Crippen LogP contribution in [0.3, 0.4) is 0 Å². The highest BCUT2D eigenvalue weighted by molar-refractivity contribution is 4.95. The summed E-state index contributed by atoms with van der Waals surface area (Å²) >= 11 is 0. The average Bonchev–Trinajstić information content (AvgIpc) is 2.20. The lowest BCUT2D eigenvalue weighted by Gasteiger charge is -2.23. The van der Waals surface area contributed by atoms with Crippen LogP contribution in [-0.2, 0) is 0 Å². The van der Waals surface area contributed by atoms with Crippen molar-refractivity contribution >= 4 is 0 Å². The van der Waals surface area contributed by atoms with E-state index >= 15 is 0 Å². The van der Waals surface area contributed by atoms with E-state index in [1.54, 1.807) is 6.07 Å². The molecule has 1 saturated carbocycles. The molecule has 2 heteroatoms. The fraction of sp³-hybridized carbons (Fsp3) is 0.545. The standard InChI is InChI=1S/C11H15NO/c13-11-8-4-5-9-12(11)10-6-2-1-3-7-10/h4-5,8-10H,1-3,6-7H2. The fourth-order valence-electron chi connectivity index (χ4n) is 2.10. The molecular weight excluding hydrogens is 162 g/mol. The minimum absolute atomic E-state index is 0.148. The third-order valence-corrected chi connectivity index (χ3v) is 2.82. The molecule has 1 fully saturated rings. The van der Waals surface area contributed by atoms with Crippen LogP contribution in [0.5, 0.6) is 0 Å². The first-order valence-electron chi connectivity index (χ1n) is 5.05. The second kappa shape index (κ2) is 3.77. The summed E-state index contributed by atoms with van der Waals surface area (Å²) in [5.74, 6) is 0. The minimum atomic E-state index is 0.148. The topological polar surface area (TPSA) is 22.0 Å². The van der Waals surface area contributed by atoms with Gasteiger partial charge in [-0.05, 0) is 18.9 Å². The van der Waals surface area contributed by atoms with Gasteiger partial charge < -0.3 is 4.57 Å². The Bertz CT molecular complexity index is 323. The van der Waals surface area contributed by atoms with Crippen LogP contribution in [0, 0.1) is 0 Å². The van der Waals surface area contributed by atoms with Gasteiger partial charge in [0, 0.05) is 18.3 Å². The Morgan fingerprint density at radius 2 is 1.92 bits per heavy atom. The third-order valence-electron chi connectivity index (χ3n) is 2.82. The number of rotatable bonds is 1. The van der Waals surface area contributed by atoms with Gasteiger partial charge in [-0.3, -0.25) is 4.79 Å². The Morgan fingerprint density at radius 1 is 1.15 bits per heavy atom. The molecule has 0 unspecified atom stereocenters. The van der Waals surface area contributed by atoms with Gasteiger partial charge in [0.05, 0.1) is 0 Å². The largest absolute Gasteiger partial charge is 0.312 e. The van der Waals surface area contributed by atoms with Crippen LogP contribution in [0.25, 0.3) is 0 Å². The van der Waals surface area contributed by atoms with Gasteiger partial charge in [0.1, 0.15) is 0 Å². The summed E-state index contributed by atoms with van der Waals surface area (Å²) in [6.07, 6.45) is 8.13. The molecule has 2 rings (SSSR count). The maximum atomic E-state index is 11.5. The molecule has 70 valence electrons. The maximum absolute atomic E-state index is 11.5. The van der Waals surface area contributed by atoms with E-state index in [1.165, 1.54) is 32.1 Å². The van der Waals surface area contributed by atoms with Gasteiger partial charge in [-0.1, -0.05) is 25.3 Å². The Hall–Kier alpha value is -1.05. The predicted molar refractivity (Wildman–Crippen MR) is 52.8 cm³/mol. The molecule has 0 amide bonds. The minimum Gasteiger partial charge on any atom is -0.312 e. The van der Waals surface area contributed by atoms with Gasteiger partial charge in [-0.15, -0.1) is 0 Å². The van der Waals surface area contributed by atoms with E-state index < -0.39 is 0 Å². The molecule has 1 aromatic heterocycles. The number of hydrogen-bond donors (Lipinski definition) is 0. The molecule has 2 nitrogen and oxygen atoms in total. The van der Waals surface area contributed by atoms with Crippen molar-refractivity contribution in [2.45, 2.75) is 38.1 Å². The average molecular weight is 177 g/mol. The van der Waals surface area contributed by atoms with Crippen molar-refractivity contribution in [3.8, 4) is 0 Å². The molecule has 1 aliphatic rings. The first kappa shape index (κ1) is 8.54. The highest BCUT2D eigenvalue weighted by atomic mass is 16.1. The SMILES string of the molecule is O=c1ccccn1C1CCCCC1. The van der Waals surface area contributed by atoms with Gasteiger partial charge >= 0.3 is 0 Å². The molecule has 0 saturated heterocycles. The molecular formula is C11H15NO. The molecule has 0 aliphatic heterocycles. The van der Waals surface area contributed by atoms with Gasteiger partial charge in [0.25, 0.3) is 5.56 Å². The van der Waals surface area contributed by atoms with Crippen molar-refractivity contribution in [3.63, 3.8) is 0 Å². The molecule has 0 radical (unpaired) electrons. The van der Waals surface area contributed by atoms with Gasteiger partial charge in [-0.2, -0.15) is 0 Å². The van der Waals surface area contributed by atoms with E-state index in [0.717, 1.165) is 0 Å². The smallest absolute Gasteiger partial charge is 0.250 e. The van der Waals surface area contributed by atoms with Gasteiger partial charge in [0.2, 0.25) is 0 Å². The number of nitrogens with zero attached hydrogens (tertiary/aromatic N) is 1. The molecule has 1 aliphatic carbocycles. The van der Waals surface area contributed by atoms with Crippen molar-refractivity contribution in [1.29, 1.82) is 0 Å². The van der Waals surface area contributed by atoms with E-state index in [0.29, 0.717) is 6.04 Å². The summed E-state index contributed by atoms with van der Waals surface area (Å²) in [7, 11) is 0. The first-order valence-corrected chi connectivity index (χ1v) is 5.05. The van der Waals surface area contributed by atoms with E-state index in [-0.39, 0.29) is 5.56 Å². The zero-order valence-electron chi connectivity index (χ0n) is 7.78. The highest BCUT2D eigenvalue weighted by Crippen LogP contribution is 2.26. The Morgan fingerprint density at radius 3 is 2.62 bits per heavy atom. The van der Waals surface area contributed by atoms with Gasteiger partial charge in [0.15, 0.2) is 0 Å². The van der Waals surface area contributed by atoms with Crippen molar-refractivity contribution < 1.29 is 0 Å². The van der Waals surface area contributed by atoms with E-state index in [4.69, 9.17) is 0 Å². The van der Waals surface area contributed by atoms with Crippen molar-refractivity contribution in [2.24, 2.45) is 0 Å². The van der Waals surface area contributed by atoms with Crippen LogP contribution >= 0.6 is 0 Å². The summed E-state index contributed by atoms with van der Waals surface area (Å²) in [5.41, 5.74) is 0.148. The first-order chi connectivity index (χ1) is 6.38. The molecule has 0 aromatic carbocycles. The third kappa shape index (κ3) is 1.82. The van der Waals surface area contributed by atoms with Crippen LogP contribution in [0.15, 0.2) is 29.2 Å².